The van der Waals surface area contributed by atoms with Gasteiger partial charge in [0.2, 0.25) is 21.8 Å². The molecule has 176 valence electrons. The lowest BCUT2D eigenvalue weighted by Gasteiger charge is -2.22. The third-order valence-electron chi connectivity index (χ3n) is 5.37. The number of nitrogens with one attached hydrogen (secondary N) is 3. The molecule has 7 N–H and O–H groups in total. The lowest BCUT2D eigenvalue weighted by Crippen LogP contribution is -2.53. The van der Waals surface area contributed by atoms with Crippen molar-refractivity contribution in [2.24, 2.45) is 11.5 Å². The number of unbranched alkanes of at least 4 members (excludes halogenated alkanes) is 1. The number of carbonyl (C=O) groups excluding carboxylic acids is 2. The molecule has 0 aliphatic heterocycles. The topological polar surface area (TPSA) is 160 Å². The second-order valence-corrected chi connectivity index (χ2v) is 9.51. The van der Waals surface area contributed by atoms with Gasteiger partial charge >= 0.3 is 0 Å². The Bertz CT molecular complexity index is 1190. The first-order valence-corrected chi connectivity index (χ1v) is 12.2. The number of fused-ring (bicyclic) bond motifs is 1. The molecule has 0 bridgehead atoms. The average molecular weight is 472 g/mol. The molecule has 0 saturated heterocycles. The third-order valence-corrected chi connectivity index (χ3v) is 6.86. The Hall–Kier alpha value is -3.21. The first-order valence-electron chi connectivity index (χ1n) is 10.7. The number of nitrogens with two attached hydrogens (primary N) is 2. The van der Waals surface area contributed by atoms with Crippen LogP contribution in [0.1, 0.15) is 24.8 Å². The fourth-order valence-corrected chi connectivity index (χ4v) is 4.86. The van der Waals surface area contributed by atoms with Gasteiger partial charge < -0.3 is 21.8 Å². The van der Waals surface area contributed by atoms with E-state index in [-0.39, 0.29) is 17.7 Å². The van der Waals surface area contributed by atoms with Gasteiger partial charge in [0.1, 0.15) is 12.1 Å². The van der Waals surface area contributed by atoms with E-state index in [0.29, 0.717) is 19.4 Å². The lowest BCUT2D eigenvalue weighted by atomic mass is 10.0. The zero-order valence-corrected chi connectivity index (χ0v) is 19.0. The summed E-state index contributed by atoms with van der Waals surface area (Å²) < 4.78 is 28.0. The van der Waals surface area contributed by atoms with Gasteiger partial charge in [-0.05, 0) is 43.1 Å². The number of benzene rings is 2. The molecule has 2 atom stereocenters. The zero-order chi connectivity index (χ0) is 23.8. The minimum Gasteiger partial charge on any atom is -0.368 e. The summed E-state index contributed by atoms with van der Waals surface area (Å²) in [6.45, 7) is 0.421. The third kappa shape index (κ3) is 6.41. The van der Waals surface area contributed by atoms with Gasteiger partial charge in [0, 0.05) is 23.5 Å². The normalized spacial score (nSPS) is 13.5. The van der Waals surface area contributed by atoms with Crippen LogP contribution in [0.5, 0.6) is 0 Å². The molecule has 1 aromatic heterocycles. The average Bonchev–Trinajstić information content (AvgIpc) is 3.21. The Morgan fingerprint density at radius 3 is 2.36 bits per heavy atom. The fourth-order valence-electron chi connectivity index (χ4n) is 3.61. The smallest absolute Gasteiger partial charge is 0.241 e. The van der Waals surface area contributed by atoms with Crippen LogP contribution < -0.4 is 21.5 Å². The van der Waals surface area contributed by atoms with Crippen LogP contribution in [0.4, 0.5) is 0 Å². The number of para-hydroxylation sites is 1. The van der Waals surface area contributed by atoms with Crippen LogP contribution in [0.3, 0.4) is 0 Å². The van der Waals surface area contributed by atoms with E-state index in [1.807, 2.05) is 24.3 Å². The van der Waals surface area contributed by atoms with Crippen molar-refractivity contribution in [1.29, 1.82) is 0 Å². The molecule has 1 heterocycles. The van der Waals surface area contributed by atoms with E-state index in [1.165, 1.54) is 12.1 Å². The summed E-state index contributed by atoms with van der Waals surface area (Å²) in [7, 11) is -3.94. The van der Waals surface area contributed by atoms with Crippen molar-refractivity contribution in [3.8, 4) is 0 Å². The minimum atomic E-state index is -3.94. The van der Waals surface area contributed by atoms with Gasteiger partial charge in [-0.15, -0.1) is 0 Å². The Labute approximate surface area is 193 Å². The highest BCUT2D eigenvalue weighted by Crippen LogP contribution is 2.19. The van der Waals surface area contributed by atoms with Gasteiger partial charge in [0.05, 0.1) is 4.90 Å². The van der Waals surface area contributed by atoms with Gasteiger partial charge in [-0.25, -0.2) is 8.42 Å². The van der Waals surface area contributed by atoms with E-state index in [0.717, 1.165) is 16.5 Å². The second-order valence-electron chi connectivity index (χ2n) is 7.80. The number of hydrogen-bond acceptors (Lipinski definition) is 5. The van der Waals surface area contributed by atoms with Crippen LogP contribution in [-0.2, 0) is 26.0 Å². The van der Waals surface area contributed by atoms with Crippen molar-refractivity contribution < 1.29 is 18.0 Å². The molecule has 0 aliphatic carbocycles. The highest BCUT2D eigenvalue weighted by atomic mass is 32.2. The van der Waals surface area contributed by atoms with Crippen LogP contribution in [0.25, 0.3) is 10.9 Å². The SMILES string of the molecule is NCCCC[C@H](NS(=O)(=O)c1ccccc1)C(=O)N[C@@H](Cc1c[nH]c2ccccc12)C(N)=O. The van der Waals surface area contributed by atoms with Crippen molar-refractivity contribution in [3.05, 3.63) is 66.4 Å². The van der Waals surface area contributed by atoms with Gasteiger partial charge in [-0.1, -0.05) is 42.8 Å². The highest BCUT2D eigenvalue weighted by Gasteiger charge is 2.29. The summed E-state index contributed by atoms with van der Waals surface area (Å²) in [6.07, 6.45) is 3.34. The molecule has 0 spiro atoms. The number of H-pyrrole nitrogens is 1. The maximum absolute atomic E-state index is 13.1. The molecule has 33 heavy (non-hydrogen) atoms. The van der Waals surface area contributed by atoms with Crippen molar-refractivity contribution >= 4 is 32.7 Å². The summed E-state index contributed by atoms with van der Waals surface area (Å²) in [5.74, 6) is -1.32. The van der Waals surface area contributed by atoms with Crippen LogP contribution >= 0.6 is 0 Å². The van der Waals surface area contributed by atoms with Crippen LogP contribution in [0.15, 0.2) is 65.7 Å². The number of aromatic nitrogens is 1. The predicted octanol–water partition coefficient (Wildman–Crippen LogP) is 1.16. The van der Waals surface area contributed by atoms with Gasteiger partial charge in [-0.2, -0.15) is 4.72 Å². The molecule has 3 aromatic rings. The van der Waals surface area contributed by atoms with E-state index in [2.05, 4.69) is 15.0 Å². The zero-order valence-electron chi connectivity index (χ0n) is 18.2. The number of sulfonamides is 1. The molecule has 2 amide bonds. The summed E-state index contributed by atoms with van der Waals surface area (Å²) in [5.41, 5.74) is 12.8. The first kappa shape index (κ1) is 24.4. The Morgan fingerprint density at radius 2 is 1.67 bits per heavy atom. The molecule has 0 fully saturated rings. The van der Waals surface area contributed by atoms with Crippen LogP contribution in [-0.4, -0.2) is 43.8 Å². The Kier molecular flexibility index (Phi) is 8.21. The molecule has 0 radical (unpaired) electrons. The number of hydrogen-bond donors (Lipinski definition) is 5. The van der Waals surface area contributed by atoms with Crippen molar-refractivity contribution in [3.63, 3.8) is 0 Å². The van der Waals surface area contributed by atoms with Crippen LogP contribution in [0.2, 0.25) is 0 Å². The molecule has 0 aliphatic rings. The summed E-state index contributed by atoms with van der Waals surface area (Å²) in [4.78, 5) is 28.4. The number of amides is 2. The number of aromatic amines is 1. The number of rotatable bonds is 12. The van der Waals surface area contributed by atoms with Gasteiger partial charge in [0.15, 0.2) is 0 Å². The first-order chi connectivity index (χ1) is 15.8. The molecule has 0 unspecified atom stereocenters. The largest absolute Gasteiger partial charge is 0.368 e. The second kappa shape index (κ2) is 11.1. The van der Waals surface area contributed by atoms with E-state index in [9.17, 15) is 18.0 Å². The van der Waals surface area contributed by atoms with E-state index < -0.39 is 33.9 Å². The molecule has 10 heteroatoms. The maximum atomic E-state index is 13.1. The van der Waals surface area contributed by atoms with Crippen molar-refractivity contribution in [2.45, 2.75) is 42.7 Å². The molecule has 2 aromatic carbocycles. The van der Waals surface area contributed by atoms with E-state index in [1.54, 1.807) is 24.4 Å². The molecular formula is C23H29N5O4S. The lowest BCUT2D eigenvalue weighted by molar-refractivity contribution is -0.128. The standard InChI is InChI=1S/C23H29N5O4S/c24-13-7-6-12-20(28-33(31,32)17-8-2-1-3-9-17)23(30)27-21(22(25)29)14-16-15-26-19-11-5-4-10-18(16)19/h1-5,8-11,15,20-21,26,28H,6-7,12-14,24H2,(H2,25,29)(H,27,30)/t20-,21-/m0/s1. The number of primary amides is 1. The monoisotopic (exact) mass is 471 g/mol. The van der Waals surface area contributed by atoms with Gasteiger partial charge in [0.25, 0.3) is 0 Å². The molecule has 0 saturated carbocycles. The Balaban J connectivity index is 1.77. The summed E-state index contributed by atoms with van der Waals surface area (Å²) in [6, 6.07) is 13.3. The molecule has 3 rings (SSSR count). The van der Waals surface area contributed by atoms with E-state index in [4.69, 9.17) is 11.5 Å². The maximum Gasteiger partial charge on any atom is 0.241 e. The summed E-state index contributed by atoms with van der Waals surface area (Å²) >= 11 is 0. The Morgan fingerprint density at radius 1 is 0.970 bits per heavy atom. The highest BCUT2D eigenvalue weighted by molar-refractivity contribution is 7.89. The van der Waals surface area contributed by atoms with Crippen LogP contribution in [0, 0.1) is 0 Å². The van der Waals surface area contributed by atoms with Crippen molar-refractivity contribution in [1.82, 2.24) is 15.0 Å². The fraction of sp³-hybridized carbons (Fsp3) is 0.304. The molecule has 9 nitrogen and oxygen atoms in total. The molecular weight excluding hydrogens is 442 g/mol. The number of carbonyl (C=O) groups is 2. The predicted molar refractivity (Wildman–Crippen MR) is 127 cm³/mol. The minimum absolute atomic E-state index is 0.0480. The van der Waals surface area contributed by atoms with Gasteiger partial charge in [-0.3, -0.25) is 9.59 Å². The quantitative estimate of drug-likeness (QED) is 0.250. The van der Waals surface area contributed by atoms with Crippen molar-refractivity contribution in [2.75, 3.05) is 6.54 Å². The summed E-state index contributed by atoms with van der Waals surface area (Å²) in [5, 5.41) is 3.55. The van der Waals surface area contributed by atoms with E-state index >= 15 is 0 Å².